The van der Waals surface area contributed by atoms with Crippen molar-refractivity contribution in [2.24, 2.45) is 0 Å². The van der Waals surface area contributed by atoms with Crippen LogP contribution in [0.4, 0.5) is 5.82 Å². The van der Waals surface area contributed by atoms with Gasteiger partial charge in [0, 0.05) is 18.3 Å². The highest BCUT2D eigenvalue weighted by molar-refractivity contribution is 5.95. The molecule has 0 spiro atoms. The van der Waals surface area contributed by atoms with Gasteiger partial charge in [0.2, 0.25) is 5.91 Å². The van der Waals surface area contributed by atoms with E-state index in [2.05, 4.69) is 15.2 Å². The largest absolute Gasteiger partial charge is 0.309 e. The van der Waals surface area contributed by atoms with Crippen molar-refractivity contribution < 1.29 is 4.79 Å². The molecule has 0 aromatic carbocycles. The van der Waals surface area contributed by atoms with Gasteiger partial charge in [-0.15, -0.1) is 0 Å². The molecule has 4 nitrogen and oxygen atoms in total. The molecule has 2 aliphatic rings. The number of nitrogens with zero attached hydrogens (tertiary/aromatic N) is 2. The van der Waals surface area contributed by atoms with Gasteiger partial charge in [0.1, 0.15) is 5.82 Å². The van der Waals surface area contributed by atoms with Crippen molar-refractivity contribution in [3.63, 3.8) is 0 Å². The molecule has 1 saturated heterocycles. The van der Waals surface area contributed by atoms with Crippen LogP contribution in [0.1, 0.15) is 18.4 Å². The summed E-state index contributed by atoms with van der Waals surface area (Å²) in [5.74, 6) is 0.835. The van der Waals surface area contributed by atoms with Crippen molar-refractivity contribution in [2.45, 2.75) is 25.4 Å². The summed E-state index contributed by atoms with van der Waals surface area (Å²) in [5.41, 5.74) is 1.12. The fourth-order valence-corrected chi connectivity index (χ4v) is 2.41. The number of amides is 1. The van der Waals surface area contributed by atoms with Gasteiger partial charge < -0.3 is 5.32 Å². The predicted octanol–water partition coefficient (Wildman–Crippen LogP) is 0.998. The number of pyridine rings is 1. The van der Waals surface area contributed by atoms with E-state index in [0.29, 0.717) is 0 Å². The van der Waals surface area contributed by atoms with Crippen LogP contribution in [0.5, 0.6) is 0 Å². The molecule has 3 rings (SSSR count). The maximum Gasteiger partial charge on any atom is 0.242 e. The Morgan fingerprint density at radius 3 is 3.40 bits per heavy atom. The number of aromatic nitrogens is 1. The van der Waals surface area contributed by atoms with Gasteiger partial charge in [-0.2, -0.15) is 0 Å². The SMILES string of the molecule is O=C1Nc2ncccc2CN2CCCC12. The van der Waals surface area contributed by atoms with E-state index in [1.165, 1.54) is 0 Å². The van der Waals surface area contributed by atoms with Gasteiger partial charge in [0.15, 0.2) is 0 Å². The fourth-order valence-electron chi connectivity index (χ4n) is 2.41. The van der Waals surface area contributed by atoms with E-state index < -0.39 is 0 Å². The molecule has 1 aromatic heterocycles. The van der Waals surface area contributed by atoms with E-state index in [1.807, 2.05) is 12.1 Å². The molecule has 1 atom stereocenters. The maximum absolute atomic E-state index is 11.9. The first kappa shape index (κ1) is 8.85. The quantitative estimate of drug-likeness (QED) is 0.684. The van der Waals surface area contributed by atoms with Crippen LogP contribution in [-0.4, -0.2) is 28.4 Å². The van der Waals surface area contributed by atoms with E-state index in [9.17, 15) is 4.79 Å². The molecule has 4 heteroatoms. The Morgan fingerprint density at radius 2 is 2.47 bits per heavy atom. The van der Waals surface area contributed by atoms with Gasteiger partial charge in [0.25, 0.3) is 0 Å². The lowest BCUT2D eigenvalue weighted by atomic mass is 10.2. The molecular weight excluding hydrogens is 190 g/mol. The topological polar surface area (TPSA) is 45.2 Å². The molecule has 2 aliphatic heterocycles. The number of carbonyl (C=O) groups excluding carboxylic acids is 1. The second-order valence-electron chi connectivity index (χ2n) is 4.13. The van der Waals surface area contributed by atoms with Crippen LogP contribution in [0, 0.1) is 0 Å². The molecule has 1 fully saturated rings. The van der Waals surface area contributed by atoms with Gasteiger partial charge in [-0.25, -0.2) is 4.98 Å². The minimum absolute atomic E-state index is 0.0548. The zero-order valence-corrected chi connectivity index (χ0v) is 8.44. The lowest BCUT2D eigenvalue weighted by molar-refractivity contribution is -0.120. The molecule has 1 unspecified atom stereocenters. The number of fused-ring (bicyclic) bond motifs is 2. The first-order valence-corrected chi connectivity index (χ1v) is 5.33. The van der Waals surface area contributed by atoms with Crippen molar-refractivity contribution in [3.05, 3.63) is 23.9 Å². The van der Waals surface area contributed by atoms with Crippen LogP contribution in [0.25, 0.3) is 0 Å². The summed E-state index contributed by atoms with van der Waals surface area (Å²) in [7, 11) is 0. The Kier molecular flexibility index (Phi) is 1.95. The lowest BCUT2D eigenvalue weighted by Crippen LogP contribution is -2.36. The summed E-state index contributed by atoms with van der Waals surface area (Å²) >= 11 is 0. The average Bonchev–Trinajstić information content (AvgIpc) is 2.64. The molecule has 0 saturated carbocycles. The molecule has 0 radical (unpaired) electrons. The summed E-state index contributed by atoms with van der Waals surface area (Å²) < 4.78 is 0. The molecular formula is C11H13N3O. The Labute approximate surface area is 88.3 Å². The Morgan fingerprint density at radius 1 is 1.53 bits per heavy atom. The smallest absolute Gasteiger partial charge is 0.242 e. The van der Waals surface area contributed by atoms with Crippen LogP contribution in [0.15, 0.2) is 18.3 Å². The van der Waals surface area contributed by atoms with E-state index in [4.69, 9.17) is 0 Å². The van der Waals surface area contributed by atoms with E-state index in [0.717, 1.165) is 37.3 Å². The summed E-state index contributed by atoms with van der Waals surface area (Å²) in [6.45, 7) is 1.86. The Hall–Kier alpha value is -1.42. The van der Waals surface area contributed by atoms with Crippen molar-refractivity contribution in [1.29, 1.82) is 0 Å². The second kappa shape index (κ2) is 3.31. The lowest BCUT2D eigenvalue weighted by Gasteiger charge is -2.18. The van der Waals surface area contributed by atoms with Gasteiger partial charge in [0.05, 0.1) is 6.04 Å². The van der Waals surface area contributed by atoms with Crippen molar-refractivity contribution in [3.8, 4) is 0 Å². The molecule has 0 bridgehead atoms. The molecule has 78 valence electrons. The van der Waals surface area contributed by atoms with Crippen LogP contribution in [-0.2, 0) is 11.3 Å². The molecule has 1 amide bonds. The predicted molar refractivity (Wildman–Crippen MR) is 56.3 cm³/mol. The van der Waals surface area contributed by atoms with Crippen LogP contribution in [0.3, 0.4) is 0 Å². The fraction of sp³-hybridized carbons (Fsp3) is 0.455. The third kappa shape index (κ3) is 1.41. The van der Waals surface area contributed by atoms with Gasteiger partial charge >= 0.3 is 0 Å². The summed E-state index contributed by atoms with van der Waals surface area (Å²) in [6, 6.07) is 4.00. The summed E-state index contributed by atoms with van der Waals surface area (Å²) in [6.07, 6.45) is 3.81. The Bertz CT molecular complexity index is 405. The molecule has 15 heavy (non-hydrogen) atoms. The minimum Gasteiger partial charge on any atom is -0.309 e. The van der Waals surface area contributed by atoms with Crippen molar-refractivity contribution >= 4 is 11.7 Å². The molecule has 3 heterocycles. The summed E-state index contributed by atoms with van der Waals surface area (Å²) in [5, 5.41) is 2.90. The third-order valence-electron chi connectivity index (χ3n) is 3.17. The minimum atomic E-state index is 0.0548. The molecule has 0 aliphatic carbocycles. The number of carbonyl (C=O) groups is 1. The highest BCUT2D eigenvalue weighted by atomic mass is 16.2. The standard InChI is InChI=1S/C11H13N3O/c15-11-9-4-2-6-14(9)7-8-3-1-5-12-10(8)13-11/h1,3,5,9H,2,4,6-7H2,(H,12,13,15). The van der Waals surface area contributed by atoms with Gasteiger partial charge in [-0.1, -0.05) is 6.07 Å². The number of rotatable bonds is 0. The van der Waals surface area contributed by atoms with Crippen LogP contribution in [0.2, 0.25) is 0 Å². The van der Waals surface area contributed by atoms with Gasteiger partial charge in [-0.3, -0.25) is 9.69 Å². The zero-order valence-electron chi connectivity index (χ0n) is 8.44. The maximum atomic E-state index is 11.9. The number of hydrogen-bond donors (Lipinski definition) is 1. The Balaban J connectivity index is 2.00. The van der Waals surface area contributed by atoms with Crippen molar-refractivity contribution in [1.82, 2.24) is 9.88 Å². The first-order valence-electron chi connectivity index (χ1n) is 5.33. The third-order valence-corrected chi connectivity index (χ3v) is 3.17. The van der Waals surface area contributed by atoms with Crippen LogP contribution < -0.4 is 5.32 Å². The summed E-state index contributed by atoms with van der Waals surface area (Å²) in [4.78, 5) is 18.3. The van der Waals surface area contributed by atoms with Gasteiger partial charge in [-0.05, 0) is 25.5 Å². The van der Waals surface area contributed by atoms with E-state index in [-0.39, 0.29) is 11.9 Å². The first-order chi connectivity index (χ1) is 7.34. The van der Waals surface area contributed by atoms with Crippen LogP contribution >= 0.6 is 0 Å². The average molecular weight is 203 g/mol. The molecule has 1 aromatic rings. The normalized spacial score (nSPS) is 25.3. The molecule has 1 N–H and O–H groups in total. The number of hydrogen-bond acceptors (Lipinski definition) is 3. The van der Waals surface area contributed by atoms with E-state index >= 15 is 0 Å². The van der Waals surface area contributed by atoms with Crippen molar-refractivity contribution in [2.75, 3.05) is 11.9 Å². The number of nitrogens with one attached hydrogen (secondary N) is 1. The second-order valence-corrected chi connectivity index (χ2v) is 4.13. The zero-order chi connectivity index (χ0) is 10.3. The van der Waals surface area contributed by atoms with E-state index in [1.54, 1.807) is 6.20 Å². The number of anilines is 1. The highest BCUT2D eigenvalue weighted by Gasteiger charge is 2.33. The monoisotopic (exact) mass is 203 g/mol. The highest BCUT2D eigenvalue weighted by Crippen LogP contribution is 2.26.